The van der Waals surface area contributed by atoms with E-state index in [0.717, 1.165) is 25.9 Å². The van der Waals surface area contributed by atoms with Crippen LogP contribution in [0.4, 0.5) is 4.79 Å². The van der Waals surface area contributed by atoms with E-state index in [2.05, 4.69) is 10.1 Å². The Morgan fingerprint density at radius 1 is 1.47 bits per heavy atom. The van der Waals surface area contributed by atoms with Gasteiger partial charge in [0.2, 0.25) is 0 Å². The highest BCUT2D eigenvalue weighted by molar-refractivity contribution is 7.14. The number of fused-ring (bicyclic) bond motifs is 1. The van der Waals surface area contributed by atoms with Crippen LogP contribution < -0.4 is 10.1 Å². The van der Waals surface area contributed by atoms with Crippen LogP contribution in [0.3, 0.4) is 0 Å². The number of nitrogens with one attached hydrogen (secondary N) is 1. The highest BCUT2D eigenvalue weighted by Crippen LogP contribution is 2.31. The van der Waals surface area contributed by atoms with Crippen LogP contribution in [-0.2, 0) is 17.6 Å². The number of hydrogen-bond acceptors (Lipinski definition) is 5. The molecule has 2 rings (SSSR count). The lowest BCUT2D eigenvalue weighted by atomic mass is 10.2. The third kappa shape index (κ3) is 2.49. The number of ether oxygens (including phenoxy) is 2. The first-order valence-corrected chi connectivity index (χ1v) is 5.69. The molecule has 1 aromatic rings. The third-order valence-corrected chi connectivity index (χ3v) is 3.44. The minimum Gasteiger partial charge on any atom is -0.437 e. The number of hydrogen-bond donors (Lipinski definition) is 1. The Morgan fingerprint density at radius 3 is 3.07 bits per heavy atom. The minimum atomic E-state index is -0.649. The SMILES string of the molecule is COC(=O)Oc1cc2c(s1)CCNCC2. The summed E-state index contributed by atoms with van der Waals surface area (Å²) in [6.45, 7) is 1.98. The van der Waals surface area contributed by atoms with Gasteiger partial charge in [0.1, 0.15) is 0 Å². The Labute approximate surface area is 92.2 Å². The molecule has 0 atom stereocenters. The monoisotopic (exact) mass is 227 g/mol. The van der Waals surface area contributed by atoms with Gasteiger partial charge in [-0.3, -0.25) is 0 Å². The predicted molar refractivity (Wildman–Crippen MR) is 57.6 cm³/mol. The molecule has 15 heavy (non-hydrogen) atoms. The molecule has 4 nitrogen and oxygen atoms in total. The molecule has 0 aliphatic carbocycles. The normalized spacial score (nSPS) is 15.3. The van der Waals surface area contributed by atoms with Gasteiger partial charge in [-0.25, -0.2) is 4.79 Å². The maximum atomic E-state index is 10.9. The first kappa shape index (κ1) is 10.4. The fourth-order valence-electron chi connectivity index (χ4n) is 1.59. The molecule has 82 valence electrons. The van der Waals surface area contributed by atoms with Crippen molar-refractivity contribution in [1.29, 1.82) is 0 Å². The van der Waals surface area contributed by atoms with Gasteiger partial charge in [0.05, 0.1) is 7.11 Å². The summed E-state index contributed by atoms with van der Waals surface area (Å²) in [5.74, 6) is 0. The molecular weight excluding hydrogens is 214 g/mol. The molecule has 0 spiro atoms. The predicted octanol–water partition coefficient (Wildman–Crippen LogP) is 1.58. The summed E-state index contributed by atoms with van der Waals surface area (Å²) in [7, 11) is 1.31. The van der Waals surface area contributed by atoms with Crippen molar-refractivity contribution in [2.75, 3.05) is 20.2 Å². The van der Waals surface area contributed by atoms with E-state index in [9.17, 15) is 4.79 Å². The van der Waals surface area contributed by atoms with Crippen molar-refractivity contribution in [3.63, 3.8) is 0 Å². The first-order chi connectivity index (χ1) is 7.29. The lowest BCUT2D eigenvalue weighted by Crippen LogP contribution is -2.16. The van der Waals surface area contributed by atoms with Crippen LogP contribution in [0.25, 0.3) is 0 Å². The van der Waals surface area contributed by atoms with Gasteiger partial charge in [0, 0.05) is 4.88 Å². The summed E-state index contributed by atoms with van der Waals surface area (Å²) >= 11 is 1.53. The zero-order chi connectivity index (χ0) is 10.7. The quantitative estimate of drug-likeness (QED) is 0.740. The van der Waals surface area contributed by atoms with Crippen molar-refractivity contribution >= 4 is 17.5 Å². The Hall–Kier alpha value is -1.07. The van der Waals surface area contributed by atoms with Crippen molar-refractivity contribution in [3.8, 4) is 5.06 Å². The number of thiophene rings is 1. The van der Waals surface area contributed by atoms with E-state index in [4.69, 9.17) is 4.74 Å². The molecule has 0 bridgehead atoms. The van der Waals surface area contributed by atoms with Crippen LogP contribution in [0.1, 0.15) is 10.4 Å². The molecule has 1 aromatic heterocycles. The van der Waals surface area contributed by atoms with Crippen LogP contribution in [0.2, 0.25) is 0 Å². The Balaban J connectivity index is 2.11. The molecule has 1 N–H and O–H groups in total. The average Bonchev–Trinajstić information content (AvgIpc) is 2.48. The molecule has 5 heteroatoms. The summed E-state index contributed by atoms with van der Waals surface area (Å²) in [5, 5.41) is 3.96. The molecule has 1 aliphatic heterocycles. The maximum absolute atomic E-state index is 10.9. The van der Waals surface area contributed by atoms with Crippen molar-refractivity contribution < 1.29 is 14.3 Å². The van der Waals surface area contributed by atoms with Gasteiger partial charge in [-0.2, -0.15) is 0 Å². The molecule has 0 aromatic carbocycles. The van der Waals surface area contributed by atoms with Crippen molar-refractivity contribution in [3.05, 3.63) is 16.5 Å². The molecule has 0 saturated carbocycles. The second-order valence-corrected chi connectivity index (χ2v) is 4.42. The minimum absolute atomic E-state index is 0.633. The first-order valence-electron chi connectivity index (χ1n) is 4.87. The summed E-state index contributed by atoms with van der Waals surface area (Å²) in [5.41, 5.74) is 1.28. The van der Waals surface area contributed by atoms with Gasteiger partial charge in [0.15, 0.2) is 5.06 Å². The second kappa shape index (κ2) is 4.63. The number of rotatable bonds is 1. The van der Waals surface area contributed by atoms with Gasteiger partial charge in [-0.05, 0) is 37.6 Å². The standard InChI is InChI=1S/C10H13NO3S/c1-13-10(12)14-9-6-7-2-4-11-5-3-8(7)15-9/h6,11H,2-5H2,1H3. The van der Waals surface area contributed by atoms with Gasteiger partial charge >= 0.3 is 6.16 Å². The molecule has 0 amide bonds. The maximum Gasteiger partial charge on any atom is 0.514 e. The molecule has 2 heterocycles. The largest absolute Gasteiger partial charge is 0.514 e. The van der Waals surface area contributed by atoms with Crippen molar-refractivity contribution in [2.24, 2.45) is 0 Å². The zero-order valence-electron chi connectivity index (χ0n) is 8.54. The van der Waals surface area contributed by atoms with Crippen LogP contribution in [0.5, 0.6) is 5.06 Å². The zero-order valence-corrected chi connectivity index (χ0v) is 9.36. The average molecular weight is 227 g/mol. The lowest BCUT2D eigenvalue weighted by Gasteiger charge is -1.98. The molecule has 0 saturated heterocycles. The summed E-state index contributed by atoms with van der Waals surface area (Å²) in [6.07, 6.45) is 1.35. The summed E-state index contributed by atoms with van der Waals surface area (Å²) < 4.78 is 9.44. The van der Waals surface area contributed by atoms with Gasteiger partial charge in [0.25, 0.3) is 0 Å². The van der Waals surface area contributed by atoms with Crippen LogP contribution in [0, 0.1) is 0 Å². The van der Waals surface area contributed by atoms with Crippen molar-refractivity contribution in [2.45, 2.75) is 12.8 Å². The van der Waals surface area contributed by atoms with Gasteiger partial charge in [-0.15, -0.1) is 11.3 Å². The Kier molecular flexibility index (Phi) is 3.23. The van der Waals surface area contributed by atoms with Gasteiger partial charge < -0.3 is 14.8 Å². The van der Waals surface area contributed by atoms with Crippen LogP contribution >= 0.6 is 11.3 Å². The Bertz CT molecular complexity index is 338. The number of carbonyl (C=O) groups is 1. The van der Waals surface area contributed by atoms with E-state index in [1.807, 2.05) is 6.07 Å². The smallest absolute Gasteiger partial charge is 0.437 e. The molecular formula is C10H13NO3S. The topological polar surface area (TPSA) is 47.6 Å². The van der Waals surface area contributed by atoms with E-state index in [0.29, 0.717) is 5.06 Å². The number of carbonyl (C=O) groups excluding carboxylic acids is 1. The van der Waals surface area contributed by atoms with E-state index in [1.165, 1.54) is 28.9 Å². The fourth-order valence-corrected chi connectivity index (χ4v) is 2.64. The molecule has 0 radical (unpaired) electrons. The fraction of sp³-hybridized carbons (Fsp3) is 0.500. The van der Waals surface area contributed by atoms with Gasteiger partial charge in [-0.1, -0.05) is 0 Å². The van der Waals surface area contributed by atoms with E-state index >= 15 is 0 Å². The summed E-state index contributed by atoms with van der Waals surface area (Å²) in [4.78, 5) is 12.2. The van der Waals surface area contributed by atoms with E-state index < -0.39 is 6.16 Å². The number of methoxy groups -OCH3 is 1. The van der Waals surface area contributed by atoms with Crippen molar-refractivity contribution in [1.82, 2.24) is 5.32 Å². The van der Waals surface area contributed by atoms with Crippen LogP contribution in [-0.4, -0.2) is 26.4 Å². The van der Waals surface area contributed by atoms with E-state index in [1.54, 1.807) is 0 Å². The third-order valence-electron chi connectivity index (χ3n) is 2.32. The lowest BCUT2D eigenvalue weighted by molar-refractivity contribution is 0.123. The van der Waals surface area contributed by atoms with Crippen LogP contribution in [0.15, 0.2) is 6.07 Å². The highest BCUT2D eigenvalue weighted by atomic mass is 32.1. The summed E-state index contributed by atoms with van der Waals surface area (Å²) in [6, 6.07) is 1.93. The molecule has 0 unspecified atom stereocenters. The van der Waals surface area contributed by atoms with E-state index in [-0.39, 0.29) is 0 Å². The molecule has 1 aliphatic rings. The highest BCUT2D eigenvalue weighted by Gasteiger charge is 2.14. The Morgan fingerprint density at radius 2 is 2.27 bits per heavy atom. The molecule has 0 fully saturated rings. The second-order valence-electron chi connectivity index (χ2n) is 3.32.